The van der Waals surface area contributed by atoms with Gasteiger partial charge in [-0.3, -0.25) is 9.59 Å². The molecule has 1 atom stereocenters. The molecule has 0 aliphatic heterocycles. The first kappa shape index (κ1) is 13.3. The molecule has 0 spiro atoms. The fourth-order valence-electron chi connectivity index (χ4n) is 1.01. The van der Waals surface area contributed by atoms with Crippen molar-refractivity contribution in [1.82, 2.24) is 4.90 Å². The van der Waals surface area contributed by atoms with Crippen LogP contribution < -0.4 is 5.73 Å². The molecule has 0 aliphatic rings. The van der Waals surface area contributed by atoms with Crippen LogP contribution >= 0.6 is 12.6 Å². The van der Waals surface area contributed by atoms with Crippen molar-refractivity contribution in [3.05, 3.63) is 0 Å². The van der Waals surface area contributed by atoms with Gasteiger partial charge in [-0.2, -0.15) is 12.6 Å². The molecule has 1 unspecified atom stereocenters. The van der Waals surface area contributed by atoms with E-state index in [4.69, 9.17) is 5.73 Å². The first-order chi connectivity index (χ1) is 6.40. The number of rotatable bonds is 5. The molecule has 0 fully saturated rings. The SMILES string of the molecule is CCN(CC(N)=O)C(=O)C(S)C(C)C. The van der Waals surface area contributed by atoms with Crippen LogP contribution in [0.25, 0.3) is 0 Å². The van der Waals surface area contributed by atoms with Crippen LogP contribution in [0.3, 0.4) is 0 Å². The Kier molecular flexibility index (Phi) is 5.60. The van der Waals surface area contributed by atoms with Crippen molar-refractivity contribution < 1.29 is 9.59 Å². The molecule has 0 radical (unpaired) electrons. The van der Waals surface area contributed by atoms with Crippen molar-refractivity contribution in [2.24, 2.45) is 11.7 Å². The summed E-state index contributed by atoms with van der Waals surface area (Å²) in [5.74, 6) is -0.484. The van der Waals surface area contributed by atoms with Gasteiger partial charge in [-0.1, -0.05) is 13.8 Å². The van der Waals surface area contributed by atoms with E-state index in [2.05, 4.69) is 12.6 Å². The van der Waals surface area contributed by atoms with E-state index in [9.17, 15) is 9.59 Å². The number of amides is 2. The summed E-state index contributed by atoms with van der Waals surface area (Å²) in [4.78, 5) is 23.8. The summed E-state index contributed by atoms with van der Waals surface area (Å²) in [6.07, 6.45) is 0. The molecular formula is C9H18N2O2S. The van der Waals surface area contributed by atoms with Crippen molar-refractivity contribution in [3.63, 3.8) is 0 Å². The fraction of sp³-hybridized carbons (Fsp3) is 0.778. The minimum Gasteiger partial charge on any atom is -0.368 e. The third-order valence-corrected chi connectivity index (χ3v) is 2.74. The standard InChI is InChI=1S/C9H18N2O2S/c1-4-11(5-7(10)12)9(13)8(14)6(2)3/h6,8,14H,4-5H2,1-3H3,(H2,10,12). The van der Waals surface area contributed by atoms with E-state index >= 15 is 0 Å². The quantitative estimate of drug-likeness (QED) is 0.651. The number of carbonyl (C=O) groups is 2. The molecule has 0 saturated carbocycles. The summed E-state index contributed by atoms with van der Waals surface area (Å²) in [7, 11) is 0. The molecule has 14 heavy (non-hydrogen) atoms. The molecule has 0 saturated heterocycles. The van der Waals surface area contributed by atoms with E-state index in [1.54, 1.807) is 0 Å². The molecule has 0 aromatic heterocycles. The van der Waals surface area contributed by atoms with Crippen LogP contribution in [0.5, 0.6) is 0 Å². The minimum absolute atomic E-state index is 0.0287. The van der Waals surface area contributed by atoms with Gasteiger partial charge in [-0.25, -0.2) is 0 Å². The van der Waals surface area contributed by atoms with Crippen LogP contribution in [0.4, 0.5) is 0 Å². The Morgan fingerprint density at radius 2 is 1.93 bits per heavy atom. The molecule has 0 aliphatic carbocycles. The third-order valence-electron chi connectivity index (χ3n) is 1.92. The van der Waals surface area contributed by atoms with E-state index in [1.807, 2.05) is 20.8 Å². The molecular weight excluding hydrogens is 200 g/mol. The maximum absolute atomic E-state index is 11.7. The summed E-state index contributed by atoms with van der Waals surface area (Å²) in [6.45, 7) is 6.08. The van der Waals surface area contributed by atoms with Gasteiger partial charge in [0.15, 0.2) is 0 Å². The molecule has 2 amide bonds. The zero-order valence-electron chi connectivity index (χ0n) is 8.86. The van der Waals surface area contributed by atoms with Crippen LogP contribution in [0.1, 0.15) is 20.8 Å². The highest BCUT2D eigenvalue weighted by Gasteiger charge is 2.23. The van der Waals surface area contributed by atoms with Gasteiger partial charge in [0.05, 0.1) is 11.8 Å². The van der Waals surface area contributed by atoms with Gasteiger partial charge in [0.1, 0.15) is 0 Å². The second-order valence-electron chi connectivity index (χ2n) is 3.51. The number of hydrogen-bond donors (Lipinski definition) is 2. The van der Waals surface area contributed by atoms with Gasteiger partial charge in [0.2, 0.25) is 11.8 Å². The van der Waals surface area contributed by atoms with E-state index in [0.717, 1.165) is 0 Å². The zero-order chi connectivity index (χ0) is 11.3. The summed E-state index contributed by atoms with van der Waals surface area (Å²) >= 11 is 4.19. The van der Waals surface area contributed by atoms with Gasteiger partial charge in [0.25, 0.3) is 0 Å². The lowest BCUT2D eigenvalue weighted by molar-refractivity contribution is -0.135. The normalized spacial score (nSPS) is 12.6. The molecule has 0 aromatic carbocycles. The Labute approximate surface area is 90.2 Å². The number of nitrogens with two attached hydrogens (primary N) is 1. The van der Waals surface area contributed by atoms with Crippen LogP contribution in [0, 0.1) is 5.92 Å². The molecule has 82 valence electrons. The second-order valence-corrected chi connectivity index (χ2v) is 4.06. The Balaban J connectivity index is 4.38. The topological polar surface area (TPSA) is 63.4 Å². The Bertz CT molecular complexity index is 219. The summed E-state index contributed by atoms with van der Waals surface area (Å²) < 4.78 is 0. The summed E-state index contributed by atoms with van der Waals surface area (Å²) in [5, 5.41) is -0.366. The lowest BCUT2D eigenvalue weighted by Gasteiger charge is -2.24. The van der Waals surface area contributed by atoms with E-state index in [1.165, 1.54) is 4.90 Å². The second kappa shape index (κ2) is 5.90. The molecule has 4 nitrogen and oxygen atoms in total. The first-order valence-corrected chi connectivity index (χ1v) is 5.16. The highest BCUT2D eigenvalue weighted by Crippen LogP contribution is 2.12. The smallest absolute Gasteiger partial charge is 0.237 e. The average molecular weight is 218 g/mol. The largest absolute Gasteiger partial charge is 0.368 e. The van der Waals surface area contributed by atoms with Gasteiger partial charge in [-0.15, -0.1) is 0 Å². The summed E-state index contributed by atoms with van der Waals surface area (Å²) in [5.41, 5.74) is 5.03. The highest BCUT2D eigenvalue weighted by molar-refractivity contribution is 7.81. The molecule has 0 bridgehead atoms. The number of hydrogen-bond acceptors (Lipinski definition) is 3. The van der Waals surface area contributed by atoms with Gasteiger partial charge >= 0.3 is 0 Å². The monoisotopic (exact) mass is 218 g/mol. The molecule has 0 heterocycles. The molecule has 2 N–H and O–H groups in total. The highest BCUT2D eigenvalue weighted by atomic mass is 32.1. The van der Waals surface area contributed by atoms with Gasteiger partial charge in [0, 0.05) is 6.54 Å². The van der Waals surface area contributed by atoms with Crippen LogP contribution in [-0.2, 0) is 9.59 Å². The minimum atomic E-state index is -0.496. The first-order valence-electron chi connectivity index (χ1n) is 4.65. The number of thiol groups is 1. The van der Waals surface area contributed by atoms with Crippen LogP contribution in [0.2, 0.25) is 0 Å². The van der Waals surface area contributed by atoms with Gasteiger partial charge in [-0.05, 0) is 12.8 Å². The van der Waals surface area contributed by atoms with Crippen molar-refractivity contribution >= 4 is 24.4 Å². The van der Waals surface area contributed by atoms with E-state index in [0.29, 0.717) is 6.54 Å². The average Bonchev–Trinajstić information content (AvgIpc) is 2.11. The van der Waals surface area contributed by atoms with Crippen molar-refractivity contribution in [2.45, 2.75) is 26.0 Å². The maximum atomic E-state index is 11.7. The molecule has 0 aromatic rings. The van der Waals surface area contributed by atoms with Crippen LogP contribution in [-0.4, -0.2) is 35.1 Å². The third kappa shape index (κ3) is 4.00. The van der Waals surface area contributed by atoms with Crippen molar-refractivity contribution in [1.29, 1.82) is 0 Å². The summed E-state index contributed by atoms with van der Waals surface area (Å²) in [6, 6.07) is 0. The Hall–Kier alpha value is -0.710. The van der Waals surface area contributed by atoms with Crippen LogP contribution in [0.15, 0.2) is 0 Å². The van der Waals surface area contributed by atoms with Crippen molar-refractivity contribution in [3.8, 4) is 0 Å². The van der Waals surface area contributed by atoms with E-state index < -0.39 is 5.91 Å². The maximum Gasteiger partial charge on any atom is 0.237 e. The fourth-order valence-corrected chi connectivity index (χ4v) is 1.17. The lowest BCUT2D eigenvalue weighted by Crippen LogP contribution is -2.43. The van der Waals surface area contributed by atoms with E-state index in [-0.39, 0.29) is 23.6 Å². The molecule has 5 heteroatoms. The number of likely N-dealkylation sites (N-methyl/N-ethyl adjacent to an activating group) is 1. The van der Waals surface area contributed by atoms with Crippen molar-refractivity contribution in [2.75, 3.05) is 13.1 Å². The van der Waals surface area contributed by atoms with Gasteiger partial charge < -0.3 is 10.6 Å². The predicted molar refractivity (Wildman–Crippen MR) is 59.1 cm³/mol. The number of primary amides is 1. The number of carbonyl (C=O) groups excluding carboxylic acids is 2. The zero-order valence-corrected chi connectivity index (χ0v) is 9.75. The Morgan fingerprint density at radius 1 is 1.43 bits per heavy atom. The number of nitrogens with zero attached hydrogens (tertiary/aromatic N) is 1. The lowest BCUT2D eigenvalue weighted by atomic mass is 10.1. The molecule has 0 rings (SSSR count). The Morgan fingerprint density at radius 3 is 2.21 bits per heavy atom. The predicted octanol–water partition coefficient (Wildman–Crippen LogP) is 0.275.